The molecule has 0 N–H and O–H groups in total. The molecule has 2 nitrogen and oxygen atoms in total. The number of hydrogen-bond acceptors (Lipinski definition) is 2. The molecule has 0 bridgehead atoms. The number of hydrogen-bond donors (Lipinski definition) is 0. The number of ether oxygens (including phenoxy) is 1. The highest BCUT2D eigenvalue weighted by Crippen LogP contribution is 2.15. The lowest BCUT2D eigenvalue weighted by Gasteiger charge is -2.06. The van der Waals surface area contributed by atoms with Gasteiger partial charge < -0.3 is 4.74 Å². The summed E-state index contributed by atoms with van der Waals surface area (Å²) >= 11 is 0. The van der Waals surface area contributed by atoms with Gasteiger partial charge in [0.2, 0.25) is 5.90 Å². The highest BCUT2D eigenvalue weighted by atomic mass is 19.4. The monoisotopic (exact) mass is 217 g/mol. The van der Waals surface area contributed by atoms with Crippen LogP contribution in [0.3, 0.4) is 0 Å². The average Bonchev–Trinajstić information content (AvgIpc) is 2.19. The van der Waals surface area contributed by atoms with E-state index in [9.17, 15) is 13.2 Å². The van der Waals surface area contributed by atoms with E-state index in [-0.39, 0.29) is 5.90 Å². The van der Waals surface area contributed by atoms with Gasteiger partial charge in [-0.25, -0.2) is 4.99 Å². The smallest absolute Gasteiger partial charge is 0.408 e. The first-order valence-electron chi connectivity index (χ1n) is 4.23. The average molecular weight is 217 g/mol. The van der Waals surface area contributed by atoms with Gasteiger partial charge in [-0.1, -0.05) is 18.2 Å². The van der Waals surface area contributed by atoms with Crippen LogP contribution in [0.15, 0.2) is 35.3 Å². The molecule has 0 saturated heterocycles. The van der Waals surface area contributed by atoms with Crippen molar-refractivity contribution in [2.75, 3.05) is 13.7 Å². The number of aliphatic imine (C=N–C) groups is 1. The molecule has 1 aromatic rings. The first-order chi connectivity index (χ1) is 7.03. The van der Waals surface area contributed by atoms with Crippen molar-refractivity contribution in [1.82, 2.24) is 0 Å². The van der Waals surface area contributed by atoms with Gasteiger partial charge in [0.15, 0.2) is 0 Å². The van der Waals surface area contributed by atoms with Crippen LogP contribution in [0.2, 0.25) is 0 Å². The molecule has 0 saturated carbocycles. The number of alkyl halides is 3. The zero-order valence-corrected chi connectivity index (χ0v) is 8.08. The van der Waals surface area contributed by atoms with Crippen LogP contribution < -0.4 is 0 Å². The van der Waals surface area contributed by atoms with E-state index in [2.05, 4.69) is 4.99 Å². The van der Waals surface area contributed by atoms with Gasteiger partial charge in [0, 0.05) is 5.56 Å². The number of rotatable bonds is 2. The SMILES string of the molecule is COC(=NCC(F)(F)F)c1ccccc1. The fourth-order valence-electron chi connectivity index (χ4n) is 1.02. The Morgan fingerprint density at radius 3 is 2.33 bits per heavy atom. The Hall–Kier alpha value is -1.52. The molecule has 0 amide bonds. The summed E-state index contributed by atoms with van der Waals surface area (Å²) in [5.41, 5.74) is 0.532. The summed E-state index contributed by atoms with van der Waals surface area (Å²) in [5, 5.41) is 0. The molecular formula is C10H10F3NO. The highest BCUT2D eigenvalue weighted by molar-refractivity contribution is 5.93. The van der Waals surface area contributed by atoms with E-state index in [1.165, 1.54) is 7.11 Å². The normalized spacial score (nSPS) is 12.7. The second-order valence-electron chi connectivity index (χ2n) is 2.81. The van der Waals surface area contributed by atoms with Crippen molar-refractivity contribution >= 4 is 5.90 Å². The van der Waals surface area contributed by atoms with E-state index in [0.717, 1.165) is 0 Å². The van der Waals surface area contributed by atoms with Gasteiger partial charge in [-0.2, -0.15) is 13.2 Å². The minimum atomic E-state index is -4.31. The van der Waals surface area contributed by atoms with Gasteiger partial charge in [-0.15, -0.1) is 0 Å². The Kier molecular flexibility index (Phi) is 3.71. The molecule has 15 heavy (non-hydrogen) atoms. The van der Waals surface area contributed by atoms with E-state index in [4.69, 9.17) is 4.74 Å². The van der Waals surface area contributed by atoms with Gasteiger partial charge >= 0.3 is 6.18 Å². The molecular weight excluding hydrogens is 207 g/mol. The van der Waals surface area contributed by atoms with Gasteiger partial charge in [0.1, 0.15) is 6.54 Å². The maximum Gasteiger partial charge on any atom is 0.408 e. The third-order valence-electron chi connectivity index (χ3n) is 1.62. The molecule has 0 spiro atoms. The fraction of sp³-hybridized carbons (Fsp3) is 0.300. The Morgan fingerprint density at radius 2 is 1.87 bits per heavy atom. The molecule has 0 aliphatic rings. The van der Waals surface area contributed by atoms with Crippen molar-refractivity contribution in [3.63, 3.8) is 0 Å². The second-order valence-corrected chi connectivity index (χ2v) is 2.81. The molecule has 1 rings (SSSR count). The molecule has 1 aromatic carbocycles. The zero-order chi connectivity index (χ0) is 11.3. The van der Waals surface area contributed by atoms with Crippen LogP contribution in [0, 0.1) is 0 Å². The molecule has 0 heterocycles. The van der Waals surface area contributed by atoms with Gasteiger partial charge in [0.05, 0.1) is 7.11 Å². The van der Waals surface area contributed by atoms with Crippen molar-refractivity contribution in [3.8, 4) is 0 Å². The summed E-state index contributed by atoms with van der Waals surface area (Å²) < 4.78 is 40.5. The summed E-state index contributed by atoms with van der Waals surface area (Å²) in [6, 6.07) is 8.45. The van der Waals surface area contributed by atoms with Gasteiger partial charge in [-0.3, -0.25) is 0 Å². The number of benzene rings is 1. The number of nitrogens with zero attached hydrogens (tertiary/aromatic N) is 1. The van der Waals surface area contributed by atoms with Crippen molar-refractivity contribution in [1.29, 1.82) is 0 Å². The van der Waals surface area contributed by atoms with E-state index >= 15 is 0 Å². The Morgan fingerprint density at radius 1 is 1.27 bits per heavy atom. The summed E-state index contributed by atoms with van der Waals surface area (Å²) in [4.78, 5) is 3.35. The van der Waals surface area contributed by atoms with E-state index in [0.29, 0.717) is 5.56 Å². The second kappa shape index (κ2) is 4.82. The predicted octanol–water partition coefficient (Wildman–Crippen LogP) is 2.64. The Balaban J connectivity index is 2.81. The highest BCUT2D eigenvalue weighted by Gasteiger charge is 2.27. The molecule has 0 aliphatic heterocycles. The van der Waals surface area contributed by atoms with Crippen LogP contribution >= 0.6 is 0 Å². The fourth-order valence-corrected chi connectivity index (χ4v) is 1.02. The minimum Gasteiger partial charge on any atom is -0.481 e. The molecule has 0 aliphatic carbocycles. The lowest BCUT2D eigenvalue weighted by Crippen LogP contribution is -2.15. The Bertz CT molecular complexity index is 332. The van der Waals surface area contributed by atoms with Gasteiger partial charge in [-0.05, 0) is 12.1 Å². The van der Waals surface area contributed by atoms with E-state index < -0.39 is 12.7 Å². The molecule has 0 atom stereocenters. The van der Waals surface area contributed by atoms with Crippen molar-refractivity contribution in [2.24, 2.45) is 4.99 Å². The topological polar surface area (TPSA) is 21.6 Å². The summed E-state index contributed by atoms with van der Waals surface area (Å²) in [5.74, 6) is -0.00655. The standard InChI is InChI=1S/C10H10F3NO/c1-15-9(14-7-10(11,12)13)8-5-3-2-4-6-8/h2-6H,7H2,1H3. The summed E-state index contributed by atoms with van der Waals surface area (Å²) in [6.07, 6.45) is -4.31. The predicted molar refractivity (Wildman–Crippen MR) is 50.9 cm³/mol. The number of halogens is 3. The molecule has 5 heteroatoms. The maximum absolute atomic E-state index is 11.9. The van der Waals surface area contributed by atoms with Crippen LogP contribution in [0.4, 0.5) is 13.2 Å². The molecule has 0 fully saturated rings. The van der Waals surface area contributed by atoms with Crippen LogP contribution in [0.5, 0.6) is 0 Å². The lowest BCUT2D eigenvalue weighted by atomic mass is 10.2. The van der Waals surface area contributed by atoms with Crippen molar-refractivity contribution in [3.05, 3.63) is 35.9 Å². The molecule has 0 unspecified atom stereocenters. The van der Waals surface area contributed by atoms with Crippen LogP contribution in [-0.2, 0) is 4.74 Å². The van der Waals surface area contributed by atoms with E-state index in [1.54, 1.807) is 30.3 Å². The first kappa shape index (κ1) is 11.6. The first-order valence-corrected chi connectivity index (χ1v) is 4.23. The quantitative estimate of drug-likeness (QED) is 0.551. The summed E-state index contributed by atoms with van der Waals surface area (Å²) in [6.45, 7) is -1.23. The maximum atomic E-state index is 11.9. The largest absolute Gasteiger partial charge is 0.481 e. The zero-order valence-electron chi connectivity index (χ0n) is 8.08. The van der Waals surface area contributed by atoms with E-state index in [1.807, 2.05) is 0 Å². The Labute approximate surface area is 85.4 Å². The van der Waals surface area contributed by atoms with Crippen LogP contribution in [0.1, 0.15) is 5.56 Å². The summed E-state index contributed by atoms with van der Waals surface area (Å²) in [7, 11) is 1.29. The number of methoxy groups -OCH3 is 1. The van der Waals surface area contributed by atoms with Gasteiger partial charge in [0.25, 0.3) is 0 Å². The van der Waals surface area contributed by atoms with Crippen molar-refractivity contribution < 1.29 is 17.9 Å². The third kappa shape index (κ3) is 4.01. The molecule has 82 valence electrons. The third-order valence-corrected chi connectivity index (χ3v) is 1.62. The minimum absolute atomic E-state index is 0.00655. The molecule has 0 aromatic heterocycles. The lowest BCUT2D eigenvalue weighted by molar-refractivity contribution is -0.118. The van der Waals surface area contributed by atoms with Crippen molar-refractivity contribution in [2.45, 2.75) is 6.18 Å². The van der Waals surface area contributed by atoms with Crippen LogP contribution in [-0.4, -0.2) is 25.7 Å². The van der Waals surface area contributed by atoms with Crippen LogP contribution in [0.25, 0.3) is 0 Å². The molecule has 0 radical (unpaired) electrons.